The Balaban J connectivity index is 1.82. The molecule has 2 saturated heterocycles. The molecule has 3 aliphatic rings. The van der Waals surface area contributed by atoms with Crippen molar-refractivity contribution in [2.45, 2.75) is 50.5 Å². The summed E-state index contributed by atoms with van der Waals surface area (Å²) in [7, 11) is 0. The molecule has 3 heteroatoms. The Morgan fingerprint density at radius 2 is 2.22 bits per heavy atom. The predicted molar refractivity (Wildman–Crippen MR) is 66.9 cm³/mol. The number of carbonyl (C=O) groups excluding carboxylic acids is 1. The SMILES string of the molecule is C[C@@]12CCCC(=O)N1[C@H]1c3ccccc3C[C@@H]1O2. The highest BCUT2D eigenvalue weighted by Crippen LogP contribution is 2.51. The van der Waals surface area contributed by atoms with Gasteiger partial charge >= 0.3 is 0 Å². The van der Waals surface area contributed by atoms with Crippen LogP contribution in [0.1, 0.15) is 43.4 Å². The van der Waals surface area contributed by atoms with Crippen molar-refractivity contribution in [1.82, 2.24) is 4.90 Å². The van der Waals surface area contributed by atoms with Crippen LogP contribution in [0.4, 0.5) is 0 Å². The van der Waals surface area contributed by atoms with E-state index in [1.54, 1.807) is 0 Å². The van der Waals surface area contributed by atoms with Crippen molar-refractivity contribution in [3.05, 3.63) is 35.4 Å². The number of carbonyl (C=O) groups is 1. The second kappa shape index (κ2) is 3.35. The number of hydrogen-bond donors (Lipinski definition) is 0. The number of benzene rings is 1. The van der Waals surface area contributed by atoms with Crippen molar-refractivity contribution in [1.29, 1.82) is 0 Å². The molecule has 0 spiro atoms. The highest BCUT2D eigenvalue weighted by molar-refractivity contribution is 5.79. The topological polar surface area (TPSA) is 29.5 Å². The van der Waals surface area contributed by atoms with Gasteiger partial charge in [0.1, 0.15) is 5.72 Å². The fourth-order valence-electron chi connectivity index (χ4n) is 3.91. The summed E-state index contributed by atoms with van der Waals surface area (Å²) in [5.74, 6) is 0.257. The van der Waals surface area contributed by atoms with E-state index in [0.29, 0.717) is 6.42 Å². The van der Waals surface area contributed by atoms with Crippen molar-refractivity contribution in [2.75, 3.05) is 0 Å². The van der Waals surface area contributed by atoms with Gasteiger partial charge in [-0.2, -0.15) is 0 Å². The van der Waals surface area contributed by atoms with Crippen LogP contribution in [0.25, 0.3) is 0 Å². The van der Waals surface area contributed by atoms with E-state index in [9.17, 15) is 4.79 Å². The summed E-state index contributed by atoms with van der Waals surface area (Å²) in [6.45, 7) is 2.07. The van der Waals surface area contributed by atoms with E-state index < -0.39 is 0 Å². The molecule has 2 heterocycles. The molecule has 0 unspecified atom stereocenters. The minimum absolute atomic E-state index is 0.152. The summed E-state index contributed by atoms with van der Waals surface area (Å²) in [4.78, 5) is 14.3. The molecule has 0 aromatic heterocycles. The molecule has 94 valence electrons. The molecule has 0 N–H and O–H groups in total. The van der Waals surface area contributed by atoms with Crippen LogP contribution >= 0.6 is 0 Å². The lowest BCUT2D eigenvalue weighted by Crippen LogP contribution is -2.49. The van der Waals surface area contributed by atoms with E-state index in [4.69, 9.17) is 4.74 Å². The van der Waals surface area contributed by atoms with Crippen LogP contribution < -0.4 is 0 Å². The van der Waals surface area contributed by atoms with Gasteiger partial charge in [-0.05, 0) is 30.9 Å². The predicted octanol–water partition coefficient (Wildman–Crippen LogP) is 2.41. The Morgan fingerprint density at radius 1 is 1.39 bits per heavy atom. The Hall–Kier alpha value is -1.35. The van der Waals surface area contributed by atoms with Gasteiger partial charge in [-0.25, -0.2) is 0 Å². The molecule has 18 heavy (non-hydrogen) atoms. The lowest BCUT2D eigenvalue weighted by atomic mass is 9.96. The second-order valence-electron chi connectivity index (χ2n) is 5.80. The van der Waals surface area contributed by atoms with Crippen molar-refractivity contribution < 1.29 is 9.53 Å². The largest absolute Gasteiger partial charge is 0.350 e. The molecule has 3 nitrogen and oxygen atoms in total. The van der Waals surface area contributed by atoms with Crippen LogP contribution in [0.2, 0.25) is 0 Å². The fraction of sp³-hybridized carbons (Fsp3) is 0.533. The fourth-order valence-corrected chi connectivity index (χ4v) is 3.91. The molecule has 1 amide bonds. The summed E-state index contributed by atoms with van der Waals surface area (Å²) < 4.78 is 6.23. The average Bonchev–Trinajstić information content (AvgIpc) is 2.80. The van der Waals surface area contributed by atoms with Crippen molar-refractivity contribution in [3.8, 4) is 0 Å². The summed E-state index contributed by atoms with van der Waals surface area (Å²) in [6.07, 6.45) is 3.69. The van der Waals surface area contributed by atoms with Gasteiger partial charge in [0, 0.05) is 12.8 Å². The number of amides is 1. The van der Waals surface area contributed by atoms with Gasteiger partial charge in [0.15, 0.2) is 0 Å². The summed E-state index contributed by atoms with van der Waals surface area (Å²) in [5, 5.41) is 0. The molecule has 0 bridgehead atoms. The summed E-state index contributed by atoms with van der Waals surface area (Å²) in [6, 6.07) is 8.58. The normalized spacial score (nSPS) is 37.4. The Labute approximate surface area is 107 Å². The van der Waals surface area contributed by atoms with Crippen molar-refractivity contribution >= 4 is 5.91 Å². The zero-order chi connectivity index (χ0) is 12.3. The Kier molecular flexibility index (Phi) is 1.97. The van der Waals surface area contributed by atoms with Crippen LogP contribution in [0.5, 0.6) is 0 Å². The molecule has 3 atom stereocenters. The number of rotatable bonds is 0. The van der Waals surface area contributed by atoms with E-state index in [2.05, 4.69) is 31.2 Å². The molecule has 4 rings (SSSR count). The van der Waals surface area contributed by atoms with Gasteiger partial charge in [0.05, 0.1) is 12.1 Å². The lowest BCUT2D eigenvalue weighted by Gasteiger charge is -2.40. The van der Waals surface area contributed by atoms with E-state index in [-0.39, 0.29) is 23.8 Å². The minimum atomic E-state index is -0.363. The number of piperidine rings is 1. The Morgan fingerprint density at radius 3 is 3.11 bits per heavy atom. The van der Waals surface area contributed by atoms with Gasteiger partial charge in [0.2, 0.25) is 5.91 Å². The first-order chi connectivity index (χ1) is 8.69. The number of hydrogen-bond acceptors (Lipinski definition) is 2. The van der Waals surface area contributed by atoms with Crippen LogP contribution in [0.15, 0.2) is 24.3 Å². The standard InChI is InChI=1S/C15H17NO2/c1-15-8-4-7-13(17)16(15)14-11-6-3-2-5-10(11)9-12(14)18-15/h2-3,5-6,12,14H,4,7-9H2,1H3/t12-,14-,15+/m0/s1. The van der Waals surface area contributed by atoms with E-state index >= 15 is 0 Å². The second-order valence-corrected chi connectivity index (χ2v) is 5.80. The average molecular weight is 243 g/mol. The molecule has 2 aliphatic heterocycles. The lowest BCUT2D eigenvalue weighted by molar-refractivity contribution is -0.159. The monoisotopic (exact) mass is 243 g/mol. The first kappa shape index (κ1) is 10.6. The molecule has 0 saturated carbocycles. The van der Waals surface area contributed by atoms with Crippen LogP contribution in [0, 0.1) is 0 Å². The molecular formula is C15H17NO2. The third kappa shape index (κ3) is 1.20. The zero-order valence-electron chi connectivity index (χ0n) is 10.6. The van der Waals surface area contributed by atoms with E-state index in [1.165, 1.54) is 11.1 Å². The maximum atomic E-state index is 12.3. The number of nitrogens with zero attached hydrogens (tertiary/aromatic N) is 1. The van der Waals surface area contributed by atoms with Gasteiger partial charge in [-0.3, -0.25) is 4.79 Å². The highest BCUT2D eigenvalue weighted by Gasteiger charge is 2.56. The van der Waals surface area contributed by atoms with E-state index in [1.807, 2.05) is 4.90 Å². The molecule has 2 fully saturated rings. The summed E-state index contributed by atoms with van der Waals surface area (Å²) in [5.41, 5.74) is 2.27. The minimum Gasteiger partial charge on any atom is -0.350 e. The van der Waals surface area contributed by atoms with Crippen molar-refractivity contribution in [2.24, 2.45) is 0 Å². The van der Waals surface area contributed by atoms with Gasteiger partial charge in [-0.1, -0.05) is 24.3 Å². The first-order valence-electron chi connectivity index (χ1n) is 6.77. The van der Waals surface area contributed by atoms with Crippen LogP contribution in [0.3, 0.4) is 0 Å². The smallest absolute Gasteiger partial charge is 0.225 e. The highest BCUT2D eigenvalue weighted by atomic mass is 16.5. The summed E-state index contributed by atoms with van der Waals surface area (Å²) >= 11 is 0. The number of ether oxygens (including phenoxy) is 1. The zero-order valence-corrected chi connectivity index (χ0v) is 10.6. The quantitative estimate of drug-likeness (QED) is 0.700. The van der Waals surface area contributed by atoms with Crippen molar-refractivity contribution in [3.63, 3.8) is 0 Å². The van der Waals surface area contributed by atoms with Crippen LogP contribution in [-0.4, -0.2) is 22.6 Å². The van der Waals surface area contributed by atoms with Crippen LogP contribution in [-0.2, 0) is 16.0 Å². The Bertz CT molecular complexity index is 527. The third-order valence-electron chi connectivity index (χ3n) is 4.64. The molecule has 1 aromatic rings. The third-order valence-corrected chi connectivity index (χ3v) is 4.64. The molecule has 0 radical (unpaired) electrons. The number of fused-ring (bicyclic) bond motifs is 5. The maximum Gasteiger partial charge on any atom is 0.225 e. The maximum absolute atomic E-state index is 12.3. The molecule has 1 aliphatic carbocycles. The molecular weight excluding hydrogens is 226 g/mol. The first-order valence-corrected chi connectivity index (χ1v) is 6.77. The van der Waals surface area contributed by atoms with Gasteiger partial charge in [0.25, 0.3) is 0 Å². The van der Waals surface area contributed by atoms with Gasteiger partial charge < -0.3 is 9.64 Å². The van der Waals surface area contributed by atoms with Gasteiger partial charge in [-0.15, -0.1) is 0 Å². The molecule has 1 aromatic carbocycles. The van der Waals surface area contributed by atoms with E-state index in [0.717, 1.165) is 19.3 Å².